The van der Waals surface area contributed by atoms with E-state index < -0.39 is 0 Å². The monoisotopic (exact) mass is 355 g/mol. The van der Waals surface area contributed by atoms with Crippen LogP contribution in [0.4, 0.5) is 0 Å². The smallest absolute Gasteiger partial charge is 0.215 e. The number of ether oxygens (including phenoxy) is 2. The Hall–Kier alpha value is -0.840. The summed E-state index contributed by atoms with van der Waals surface area (Å²) in [4.78, 5) is 4.49. The number of hydrogen-bond donors (Lipinski definition) is 0. The molecule has 0 saturated carbocycles. The maximum atomic E-state index is 6.27. The zero-order valence-electron chi connectivity index (χ0n) is 10.9. The molecule has 1 saturated heterocycles. The van der Waals surface area contributed by atoms with E-state index in [2.05, 4.69) is 20.9 Å². The molecule has 3 nitrogen and oxygen atoms in total. The summed E-state index contributed by atoms with van der Waals surface area (Å²) < 4.78 is 12.4. The van der Waals surface area contributed by atoms with Crippen LogP contribution in [0.15, 0.2) is 28.7 Å². The second kappa shape index (κ2) is 6.29. The van der Waals surface area contributed by atoms with Gasteiger partial charge in [0.15, 0.2) is 0 Å². The Morgan fingerprint density at radius 2 is 2.25 bits per heavy atom. The van der Waals surface area contributed by atoms with Crippen molar-refractivity contribution in [3.05, 3.63) is 33.8 Å². The third-order valence-electron chi connectivity index (χ3n) is 3.39. The fourth-order valence-electron chi connectivity index (χ4n) is 2.33. The Morgan fingerprint density at radius 3 is 3.05 bits per heavy atom. The van der Waals surface area contributed by atoms with Crippen LogP contribution in [-0.4, -0.2) is 24.3 Å². The minimum Gasteiger partial charge on any atom is -0.475 e. The fraction of sp³-hybridized carbons (Fsp3) is 0.400. The molecule has 0 spiro atoms. The Balaban J connectivity index is 1.77. The fourth-order valence-corrected chi connectivity index (χ4v) is 2.93. The molecule has 1 aromatic carbocycles. The first-order valence-electron chi connectivity index (χ1n) is 6.72. The largest absolute Gasteiger partial charge is 0.475 e. The lowest BCUT2D eigenvalue weighted by Crippen LogP contribution is -2.25. The van der Waals surface area contributed by atoms with Crippen LogP contribution in [0.25, 0.3) is 10.9 Å². The number of nitrogens with zero attached hydrogens (tertiary/aromatic N) is 1. The first-order chi connectivity index (χ1) is 9.72. The maximum Gasteiger partial charge on any atom is 0.215 e. The van der Waals surface area contributed by atoms with Crippen LogP contribution in [0.5, 0.6) is 5.88 Å². The first kappa shape index (κ1) is 14.1. The van der Waals surface area contributed by atoms with Crippen LogP contribution in [0.3, 0.4) is 0 Å². The highest BCUT2D eigenvalue weighted by atomic mass is 79.9. The number of fused-ring (bicyclic) bond motifs is 1. The molecule has 5 heteroatoms. The summed E-state index contributed by atoms with van der Waals surface area (Å²) in [5, 5.41) is 1.58. The highest BCUT2D eigenvalue weighted by molar-refractivity contribution is 9.10. The molecule has 0 amide bonds. The van der Waals surface area contributed by atoms with Crippen molar-refractivity contribution in [2.45, 2.75) is 25.4 Å². The van der Waals surface area contributed by atoms with Crippen LogP contribution in [0, 0.1) is 0 Å². The van der Waals surface area contributed by atoms with Gasteiger partial charge in [0.05, 0.1) is 16.6 Å². The average Bonchev–Trinajstić information content (AvgIpc) is 2.46. The molecular formula is C15H15BrClNO2. The molecule has 0 N–H and O–H groups in total. The van der Waals surface area contributed by atoms with Crippen LogP contribution in [-0.2, 0) is 4.74 Å². The first-order valence-corrected chi connectivity index (χ1v) is 7.90. The van der Waals surface area contributed by atoms with E-state index in [1.807, 2.05) is 18.2 Å². The molecule has 0 radical (unpaired) electrons. The van der Waals surface area contributed by atoms with E-state index in [1.165, 1.54) is 6.42 Å². The van der Waals surface area contributed by atoms with E-state index >= 15 is 0 Å². The second-order valence-electron chi connectivity index (χ2n) is 4.90. The Bertz CT molecular complexity index is 614. The predicted octanol–water partition coefficient (Wildman–Crippen LogP) is 4.60. The maximum absolute atomic E-state index is 6.27. The number of rotatable bonds is 3. The zero-order valence-corrected chi connectivity index (χ0v) is 13.3. The zero-order chi connectivity index (χ0) is 13.9. The molecule has 1 fully saturated rings. The number of pyridine rings is 1. The quantitative estimate of drug-likeness (QED) is 0.805. The number of benzene rings is 1. The number of halogens is 2. The van der Waals surface area contributed by atoms with Crippen LogP contribution in [0.2, 0.25) is 5.02 Å². The van der Waals surface area contributed by atoms with Crippen molar-refractivity contribution in [3.8, 4) is 5.88 Å². The molecule has 1 aromatic heterocycles. The average molecular weight is 357 g/mol. The minimum atomic E-state index is 0.169. The summed E-state index contributed by atoms with van der Waals surface area (Å²) in [5.41, 5.74) is 0.825. The van der Waals surface area contributed by atoms with Gasteiger partial charge >= 0.3 is 0 Å². The molecule has 2 heterocycles. The summed E-state index contributed by atoms with van der Waals surface area (Å²) in [6.45, 7) is 1.36. The molecule has 1 atom stereocenters. The van der Waals surface area contributed by atoms with Crippen molar-refractivity contribution in [2.75, 3.05) is 13.2 Å². The SMILES string of the molecule is Clc1cc(OCC2CCCCO2)nc2cc(Br)ccc12. The summed E-state index contributed by atoms with van der Waals surface area (Å²) >= 11 is 9.71. The van der Waals surface area contributed by atoms with Gasteiger partial charge in [0, 0.05) is 22.5 Å². The molecule has 1 unspecified atom stereocenters. The normalized spacial score (nSPS) is 19.2. The minimum absolute atomic E-state index is 0.169. The molecule has 1 aliphatic rings. The molecule has 0 bridgehead atoms. The van der Waals surface area contributed by atoms with E-state index in [4.69, 9.17) is 21.1 Å². The lowest BCUT2D eigenvalue weighted by molar-refractivity contribution is -0.0118. The summed E-state index contributed by atoms with van der Waals surface area (Å²) in [5.74, 6) is 0.551. The van der Waals surface area contributed by atoms with Gasteiger partial charge in [-0.2, -0.15) is 0 Å². The van der Waals surface area contributed by atoms with E-state index in [-0.39, 0.29) is 6.10 Å². The van der Waals surface area contributed by atoms with Gasteiger partial charge in [0.2, 0.25) is 5.88 Å². The van der Waals surface area contributed by atoms with E-state index in [0.29, 0.717) is 17.5 Å². The van der Waals surface area contributed by atoms with Gasteiger partial charge in [-0.15, -0.1) is 0 Å². The van der Waals surface area contributed by atoms with Crippen molar-refractivity contribution in [1.29, 1.82) is 0 Å². The summed E-state index contributed by atoms with van der Waals surface area (Å²) in [6.07, 6.45) is 3.56. The Morgan fingerprint density at radius 1 is 1.35 bits per heavy atom. The third kappa shape index (κ3) is 3.25. The molecule has 3 rings (SSSR count). The highest BCUT2D eigenvalue weighted by Crippen LogP contribution is 2.28. The standard InChI is InChI=1S/C15H15BrClNO2/c16-10-4-5-12-13(17)8-15(18-14(12)7-10)20-9-11-3-1-2-6-19-11/h4-5,7-8,11H,1-3,6,9H2. The molecule has 20 heavy (non-hydrogen) atoms. The van der Waals surface area contributed by atoms with Gasteiger partial charge in [-0.3, -0.25) is 0 Å². The number of aromatic nitrogens is 1. The molecular weight excluding hydrogens is 342 g/mol. The van der Waals surface area contributed by atoms with Crippen LogP contribution in [0.1, 0.15) is 19.3 Å². The lowest BCUT2D eigenvalue weighted by atomic mass is 10.1. The van der Waals surface area contributed by atoms with Crippen molar-refractivity contribution < 1.29 is 9.47 Å². The van der Waals surface area contributed by atoms with Crippen LogP contribution < -0.4 is 4.74 Å². The summed E-state index contributed by atoms with van der Waals surface area (Å²) in [7, 11) is 0. The van der Waals surface area contributed by atoms with Crippen molar-refractivity contribution in [3.63, 3.8) is 0 Å². The lowest BCUT2D eigenvalue weighted by Gasteiger charge is -2.22. The van der Waals surface area contributed by atoms with Gasteiger partial charge < -0.3 is 9.47 Å². The van der Waals surface area contributed by atoms with Gasteiger partial charge in [0.25, 0.3) is 0 Å². The van der Waals surface area contributed by atoms with Gasteiger partial charge in [-0.05, 0) is 31.4 Å². The van der Waals surface area contributed by atoms with Crippen molar-refractivity contribution in [1.82, 2.24) is 4.98 Å². The van der Waals surface area contributed by atoms with E-state index in [9.17, 15) is 0 Å². The van der Waals surface area contributed by atoms with E-state index in [0.717, 1.165) is 34.8 Å². The van der Waals surface area contributed by atoms with Crippen molar-refractivity contribution in [2.24, 2.45) is 0 Å². The molecule has 1 aliphatic heterocycles. The van der Waals surface area contributed by atoms with Gasteiger partial charge in [-0.1, -0.05) is 33.6 Å². The molecule has 106 valence electrons. The van der Waals surface area contributed by atoms with E-state index in [1.54, 1.807) is 6.07 Å². The van der Waals surface area contributed by atoms with Gasteiger partial charge in [-0.25, -0.2) is 4.98 Å². The molecule has 0 aliphatic carbocycles. The third-order valence-corrected chi connectivity index (χ3v) is 4.19. The topological polar surface area (TPSA) is 31.4 Å². The Kier molecular flexibility index (Phi) is 4.44. The number of hydrogen-bond acceptors (Lipinski definition) is 3. The highest BCUT2D eigenvalue weighted by Gasteiger charge is 2.15. The second-order valence-corrected chi connectivity index (χ2v) is 6.23. The van der Waals surface area contributed by atoms with Crippen molar-refractivity contribution >= 4 is 38.4 Å². The van der Waals surface area contributed by atoms with Gasteiger partial charge in [0.1, 0.15) is 6.61 Å². The summed E-state index contributed by atoms with van der Waals surface area (Å²) in [6, 6.07) is 7.60. The van der Waals surface area contributed by atoms with Crippen LogP contribution >= 0.6 is 27.5 Å². The predicted molar refractivity (Wildman–Crippen MR) is 83.5 cm³/mol. The Labute approximate surface area is 131 Å². The molecule has 2 aromatic rings.